The van der Waals surface area contributed by atoms with E-state index in [-0.39, 0.29) is 16.9 Å². The minimum Gasteiger partial charge on any atom is -0.507 e. The molecule has 0 bridgehead atoms. The second-order valence-electron chi connectivity index (χ2n) is 7.53. The summed E-state index contributed by atoms with van der Waals surface area (Å²) in [5, 5.41) is 10.3. The van der Waals surface area contributed by atoms with E-state index in [1.54, 1.807) is 0 Å². The Labute approximate surface area is 171 Å². The highest BCUT2D eigenvalue weighted by molar-refractivity contribution is 7.98. The van der Waals surface area contributed by atoms with Crippen molar-refractivity contribution in [2.24, 2.45) is 0 Å². The number of thioether (sulfide) groups is 1. The lowest BCUT2D eigenvalue weighted by atomic mass is 10.0. The second-order valence-corrected chi connectivity index (χ2v) is 14.2. The molecule has 0 unspecified atom stereocenters. The van der Waals surface area contributed by atoms with Crippen LogP contribution in [0.2, 0.25) is 25.7 Å². The van der Waals surface area contributed by atoms with Crippen LogP contribution in [0.1, 0.15) is 26.3 Å². The third-order valence-corrected chi connectivity index (χ3v) is 6.85. The quantitative estimate of drug-likeness (QED) is 0.371. The zero-order valence-electron chi connectivity index (χ0n) is 16.7. The van der Waals surface area contributed by atoms with Crippen LogP contribution < -0.4 is 0 Å². The highest BCUT2D eigenvalue weighted by atomic mass is 32.2. The Morgan fingerprint density at radius 3 is 2.32 bits per heavy atom. The summed E-state index contributed by atoms with van der Waals surface area (Å²) >= 11 is 1.46. The van der Waals surface area contributed by atoms with Crippen molar-refractivity contribution >= 4 is 31.8 Å². The van der Waals surface area contributed by atoms with E-state index in [1.807, 2.05) is 30.3 Å². The van der Waals surface area contributed by atoms with Gasteiger partial charge >= 0.3 is 11.9 Å². The largest absolute Gasteiger partial charge is 0.507 e. The molecule has 0 saturated carbocycles. The molecule has 5 nitrogen and oxygen atoms in total. The van der Waals surface area contributed by atoms with Gasteiger partial charge in [0.15, 0.2) is 0 Å². The standard InChI is InChI=1S/C21H26O5SSi/c1-25-20(23)16-10-11-18(22)19(21(24)26-12-13-28(2,3)4)17(16)14-27-15-8-6-5-7-9-15/h5-11,22H,12-14H2,1-4H3. The number of rotatable bonds is 8. The van der Waals surface area contributed by atoms with Crippen molar-refractivity contribution in [3.8, 4) is 5.75 Å². The van der Waals surface area contributed by atoms with Gasteiger partial charge < -0.3 is 14.6 Å². The molecule has 28 heavy (non-hydrogen) atoms. The van der Waals surface area contributed by atoms with Gasteiger partial charge in [0, 0.05) is 18.7 Å². The maximum atomic E-state index is 12.7. The van der Waals surface area contributed by atoms with Gasteiger partial charge in [-0.2, -0.15) is 0 Å². The summed E-state index contributed by atoms with van der Waals surface area (Å²) in [6.45, 7) is 6.87. The molecule has 0 aliphatic carbocycles. The molecular weight excluding hydrogens is 392 g/mol. The first-order valence-electron chi connectivity index (χ1n) is 9.01. The SMILES string of the molecule is COC(=O)c1ccc(O)c(C(=O)OCC[Si](C)(C)C)c1CSc1ccccc1. The molecule has 0 heterocycles. The topological polar surface area (TPSA) is 72.8 Å². The fraction of sp³-hybridized carbons (Fsp3) is 0.333. The molecule has 0 aliphatic heterocycles. The van der Waals surface area contributed by atoms with Gasteiger partial charge in [0.2, 0.25) is 0 Å². The van der Waals surface area contributed by atoms with Crippen LogP contribution in [0, 0.1) is 0 Å². The smallest absolute Gasteiger partial charge is 0.342 e. The van der Waals surface area contributed by atoms with Gasteiger partial charge in [0.1, 0.15) is 11.3 Å². The van der Waals surface area contributed by atoms with E-state index in [1.165, 1.54) is 31.0 Å². The maximum Gasteiger partial charge on any atom is 0.342 e. The molecule has 2 aromatic carbocycles. The van der Waals surface area contributed by atoms with Crippen molar-refractivity contribution in [2.75, 3.05) is 13.7 Å². The fourth-order valence-electron chi connectivity index (χ4n) is 2.51. The van der Waals surface area contributed by atoms with E-state index < -0.39 is 20.0 Å². The number of hydrogen-bond acceptors (Lipinski definition) is 6. The molecule has 2 aromatic rings. The summed E-state index contributed by atoms with van der Waals surface area (Å²) in [5.41, 5.74) is 0.696. The summed E-state index contributed by atoms with van der Waals surface area (Å²) in [6.07, 6.45) is 0. The van der Waals surface area contributed by atoms with Crippen molar-refractivity contribution < 1.29 is 24.2 Å². The van der Waals surface area contributed by atoms with Crippen LogP contribution in [0.15, 0.2) is 47.4 Å². The summed E-state index contributed by atoms with van der Waals surface area (Å²) in [4.78, 5) is 25.9. The molecular formula is C21H26O5SSi. The van der Waals surface area contributed by atoms with Gasteiger partial charge in [-0.1, -0.05) is 37.8 Å². The van der Waals surface area contributed by atoms with Crippen LogP contribution in [0.4, 0.5) is 0 Å². The molecule has 0 saturated heterocycles. The van der Waals surface area contributed by atoms with Crippen molar-refractivity contribution in [3.63, 3.8) is 0 Å². The van der Waals surface area contributed by atoms with Crippen molar-refractivity contribution in [2.45, 2.75) is 36.3 Å². The summed E-state index contributed by atoms with van der Waals surface area (Å²) in [5.74, 6) is -1.05. The molecule has 0 radical (unpaired) electrons. The average molecular weight is 419 g/mol. The van der Waals surface area contributed by atoms with Crippen molar-refractivity contribution in [3.05, 3.63) is 59.2 Å². The molecule has 0 fully saturated rings. The molecule has 0 aliphatic rings. The first kappa shape index (κ1) is 22.0. The minimum absolute atomic E-state index is 0.0295. The third-order valence-electron chi connectivity index (χ3n) is 4.11. The monoisotopic (exact) mass is 418 g/mol. The van der Waals surface area contributed by atoms with Crippen LogP contribution in [0.5, 0.6) is 5.75 Å². The molecule has 0 atom stereocenters. The Hall–Kier alpha value is -2.25. The fourth-order valence-corrected chi connectivity index (χ4v) is 4.18. The van der Waals surface area contributed by atoms with Gasteiger partial charge in [0.05, 0.1) is 19.3 Å². The first-order valence-corrected chi connectivity index (χ1v) is 13.7. The number of phenols is 1. The first-order chi connectivity index (χ1) is 13.2. The average Bonchev–Trinajstić information content (AvgIpc) is 2.65. The number of ether oxygens (including phenoxy) is 2. The van der Waals surface area contributed by atoms with Crippen LogP contribution >= 0.6 is 11.8 Å². The van der Waals surface area contributed by atoms with E-state index in [2.05, 4.69) is 19.6 Å². The van der Waals surface area contributed by atoms with Crippen molar-refractivity contribution in [1.82, 2.24) is 0 Å². The number of benzene rings is 2. The van der Waals surface area contributed by atoms with Crippen LogP contribution in [0.3, 0.4) is 0 Å². The Morgan fingerprint density at radius 1 is 1.04 bits per heavy atom. The molecule has 150 valence electrons. The number of aromatic hydroxyl groups is 1. The minimum atomic E-state index is -1.36. The van der Waals surface area contributed by atoms with Gasteiger partial charge in [0.25, 0.3) is 0 Å². The Bertz CT molecular complexity index is 831. The zero-order chi connectivity index (χ0) is 20.7. The molecule has 0 amide bonds. The number of methoxy groups -OCH3 is 1. The molecule has 0 spiro atoms. The van der Waals surface area contributed by atoms with Gasteiger partial charge in [-0.15, -0.1) is 11.8 Å². The van der Waals surface area contributed by atoms with E-state index in [0.29, 0.717) is 17.9 Å². The normalized spacial score (nSPS) is 11.1. The van der Waals surface area contributed by atoms with E-state index in [4.69, 9.17) is 9.47 Å². The Kier molecular flexibility index (Phi) is 7.71. The van der Waals surface area contributed by atoms with E-state index >= 15 is 0 Å². The number of esters is 2. The second kappa shape index (κ2) is 9.79. The third kappa shape index (κ3) is 6.14. The van der Waals surface area contributed by atoms with Crippen LogP contribution in [-0.2, 0) is 15.2 Å². The predicted octanol–water partition coefficient (Wildman–Crippen LogP) is 4.97. The van der Waals surface area contributed by atoms with Gasteiger partial charge in [-0.05, 0) is 35.9 Å². The number of carbonyl (C=O) groups excluding carboxylic acids is 2. The van der Waals surface area contributed by atoms with Gasteiger partial charge in [-0.3, -0.25) is 0 Å². The Morgan fingerprint density at radius 2 is 1.71 bits per heavy atom. The summed E-state index contributed by atoms with van der Waals surface area (Å²) in [7, 11) is -0.0770. The van der Waals surface area contributed by atoms with Crippen molar-refractivity contribution in [1.29, 1.82) is 0 Å². The van der Waals surface area contributed by atoms with E-state index in [9.17, 15) is 14.7 Å². The lowest BCUT2D eigenvalue weighted by molar-refractivity contribution is 0.0521. The Balaban J connectivity index is 2.33. The molecule has 1 N–H and O–H groups in total. The highest BCUT2D eigenvalue weighted by Crippen LogP contribution is 2.32. The molecule has 0 aromatic heterocycles. The molecule has 7 heteroatoms. The number of phenolic OH excluding ortho intramolecular Hbond substituents is 1. The van der Waals surface area contributed by atoms with E-state index in [0.717, 1.165) is 10.9 Å². The maximum absolute atomic E-state index is 12.7. The predicted molar refractivity (Wildman–Crippen MR) is 114 cm³/mol. The highest BCUT2D eigenvalue weighted by Gasteiger charge is 2.25. The number of hydrogen-bond donors (Lipinski definition) is 1. The van der Waals surface area contributed by atoms with Crippen LogP contribution in [-0.4, -0.2) is 38.8 Å². The van der Waals surface area contributed by atoms with Crippen LogP contribution in [0.25, 0.3) is 0 Å². The summed E-state index contributed by atoms with van der Waals surface area (Å²) in [6, 6.07) is 13.3. The van der Waals surface area contributed by atoms with Gasteiger partial charge in [-0.25, -0.2) is 9.59 Å². The zero-order valence-corrected chi connectivity index (χ0v) is 18.5. The lowest BCUT2D eigenvalue weighted by Gasteiger charge is -2.17. The lowest BCUT2D eigenvalue weighted by Crippen LogP contribution is -2.23. The number of carbonyl (C=O) groups is 2. The molecule has 2 rings (SSSR count). The summed E-state index contributed by atoms with van der Waals surface area (Å²) < 4.78 is 10.3.